The van der Waals surface area contributed by atoms with Crippen molar-refractivity contribution in [2.75, 3.05) is 18.1 Å². The zero-order valence-electron chi connectivity index (χ0n) is 12.0. The molecule has 3 nitrogen and oxygen atoms in total. The van der Waals surface area contributed by atoms with Crippen LogP contribution < -0.4 is 5.32 Å². The van der Waals surface area contributed by atoms with Crippen LogP contribution in [0.4, 0.5) is 4.39 Å². The van der Waals surface area contributed by atoms with E-state index in [9.17, 15) is 12.8 Å². The summed E-state index contributed by atoms with van der Waals surface area (Å²) in [5.74, 6) is 0.0715. The summed E-state index contributed by atoms with van der Waals surface area (Å²) in [6.45, 7) is 4.67. The lowest BCUT2D eigenvalue weighted by Crippen LogP contribution is -2.32. The van der Waals surface area contributed by atoms with E-state index in [1.165, 1.54) is 6.07 Å². The summed E-state index contributed by atoms with van der Waals surface area (Å²) >= 11 is 0. The Labute approximate surface area is 120 Å². The van der Waals surface area contributed by atoms with E-state index >= 15 is 0 Å². The molecule has 1 N–H and O–H groups in total. The van der Waals surface area contributed by atoms with Crippen LogP contribution in [0.5, 0.6) is 0 Å². The van der Waals surface area contributed by atoms with E-state index in [1.807, 2.05) is 19.9 Å². The molecule has 0 amide bonds. The second kappa shape index (κ2) is 6.22. The predicted octanol–water partition coefficient (Wildman–Crippen LogP) is 2.34. The number of nitrogens with one attached hydrogen (secondary N) is 1. The fourth-order valence-corrected chi connectivity index (χ4v) is 4.69. The lowest BCUT2D eigenvalue weighted by molar-refractivity contribution is 0.409. The highest BCUT2D eigenvalue weighted by Crippen LogP contribution is 2.34. The fourth-order valence-electron chi connectivity index (χ4n) is 2.81. The molecule has 1 heterocycles. The summed E-state index contributed by atoms with van der Waals surface area (Å²) in [5.41, 5.74) is 0.628. The third-order valence-electron chi connectivity index (χ3n) is 3.89. The predicted molar refractivity (Wildman–Crippen MR) is 79.0 cm³/mol. The molecule has 0 aromatic heterocycles. The van der Waals surface area contributed by atoms with Crippen LogP contribution in [0.25, 0.3) is 0 Å². The number of hydrogen-bond acceptors (Lipinski definition) is 3. The van der Waals surface area contributed by atoms with Crippen LogP contribution in [0.3, 0.4) is 0 Å². The monoisotopic (exact) mass is 299 g/mol. The van der Waals surface area contributed by atoms with Crippen molar-refractivity contribution in [3.8, 4) is 0 Å². The fraction of sp³-hybridized carbons (Fsp3) is 0.600. The van der Waals surface area contributed by atoms with Crippen molar-refractivity contribution in [1.29, 1.82) is 0 Å². The van der Waals surface area contributed by atoms with Crippen molar-refractivity contribution in [3.05, 3.63) is 35.6 Å². The van der Waals surface area contributed by atoms with Gasteiger partial charge in [-0.2, -0.15) is 0 Å². The van der Waals surface area contributed by atoms with Crippen LogP contribution in [0, 0.1) is 11.7 Å². The molecular weight excluding hydrogens is 277 g/mol. The molecule has 5 heteroatoms. The Bertz CT molecular complexity index is 557. The quantitative estimate of drug-likeness (QED) is 0.908. The van der Waals surface area contributed by atoms with Crippen LogP contribution in [-0.2, 0) is 9.84 Å². The Morgan fingerprint density at radius 2 is 2.05 bits per heavy atom. The number of benzene rings is 1. The van der Waals surface area contributed by atoms with Gasteiger partial charge in [-0.25, -0.2) is 12.8 Å². The summed E-state index contributed by atoms with van der Waals surface area (Å²) < 4.78 is 37.4. The second-order valence-corrected chi connectivity index (χ2v) is 8.08. The van der Waals surface area contributed by atoms with E-state index in [1.54, 1.807) is 12.1 Å². The summed E-state index contributed by atoms with van der Waals surface area (Å²) in [6, 6.07) is 6.98. The van der Waals surface area contributed by atoms with Crippen LogP contribution in [0.15, 0.2) is 24.3 Å². The molecule has 1 aliphatic rings. The molecule has 0 saturated carbocycles. The Kier molecular flexibility index (Phi) is 4.81. The maximum atomic E-state index is 14.0. The van der Waals surface area contributed by atoms with Gasteiger partial charge in [0.2, 0.25) is 0 Å². The van der Waals surface area contributed by atoms with Gasteiger partial charge in [0.25, 0.3) is 0 Å². The van der Waals surface area contributed by atoms with E-state index in [4.69, 9.17) is 0 Å². The van der Waals surface area contributed by atoms with Gasteiger partial charge < -0.3 is 5.32 Å². The zero-order chi connectivity index (χ0) is 14.8. The maximum Gasteiger partial charge on any atom is 0.150 e. The summed E-state index contributed by atoms with van der Waals surface area (Å²) in [6.07, 6.45) is 0.626. The van der Waals surface area contributed by atoms with Crippen molar-refractivity contribution in [3.63, 3.8) is 0 Å². The molecule has 2 unspecified atom stereocenters. The SMILES string of the molecule is CC(C)NCC(c1ccccc1F)C1CCS(=O)(=O)C1. The van der Waals surface area contributed by atoms with E-state index < -0.39 is 9.84 Å². The number of hydrogen-bond donors (Lipinski definition) is 1. The first-order valence-corrected chi connectivity index (χ1v) is 8.89. The van der Waals surface area contributed by atoms with Gasteiger partial charge in [0.05, 0.1) is 11.5 Å². The zero-order valence-corrected chi connectivity index (χ0v) is 12.8. The molecular formula is C15H22FNO2S. The minimum absolute atomic E-state index is 0.00292. The van der Waals surface area contributed by atoms with Gasteiger partial charge in [0.1, 0.15) is 5.82 Å². The average molecular weight is 299 g/mol. The molecule has 2 atom stereocenters. The van der Waals surface area contributed by atoms with E-state index in [-0.39, 0.29) is 29.2 Å². The molecule has 1 saturated heterocycles. The lowest BCUT2D eigenvalue weighted by Gasteiger charge is -2.25. The molecule has 2 rings (SSSR count). The summed E-state index contributed by atoms with van der Waals surface area (Å²) in [4.78, 5) is 0. The first-order valence-electron chi connectivity index (χ1n) is 7.07. The summed E-state index contributed by atoms with van der Waals surface area (Å²) in [5, 5.41) is 3.31. The lowest BCUT2D eigenvalue weighted by atomic mass is 9.85. The molecule has 0 radical (unpaired) electrons. The first-order chi connectivity index (χ1) is 9.39. The molecule has 112 valence electrons. The molecule has 20 heavy (non-hydrogen) atoms. The third kappa shape index (κ3) is 3.79. The van der Waals surface area contributed by atoms with Crippen molar-refractivity contribution in [1.82, 2.24) is 5.32 Å². The van der Waals surface area contributed by atoms with Gasteiger partial charge in [-0.05, 0) is 24.0 Å². The number of sulfone groups is 1. The Balaban J connectivity index is 2.23. The summed E-state index contributed by atoms with van der Waals surface area (Å²) in [7, 11) is -2.95. The first kappa shape index (κ1) is 15.4. The molecule has 1 fully saturated rings. The van der Waals surface area contributed by atoms with Crippen LogP contribution in [0.1, 0.15) is 31.7 Å². The van der Waals surface area contributed by atoms with Crippen molar-refractivity contribution >= 4 is 9.84 Å². The molecule has 0 bridgehead atoms. The highest BCUT2D eigenvalue weighted by Gasteiger charge is 2.35. The van der Waals surface area contributed by atoms with Crippen LogP contribution >= 0.6 is 0 Å². The van der Waals surface area contributed by atoms with Crippen LogP contribution in [0.2, 0.25) is 0 Å². The minimum atomic E-state index is -2.95. The molecule has 1 aromatic rings. The molecule has 1 aromatic carbocycles. The van der Waals surface area contributed by atoms with Gasteiger partial charge >= 0.3 is 0 Å². The van der Waals surface area contributed by atoms with Gasteiger partial charge in [-0.1, -0.05) is 32.0 Å². The van der Waals surface area contributed by atoms with E-state index in [0.29, 0.717) is 24.6 Å². The van der Waals surface area contributed by atoms with Gasteiger partial charge in [-0.15, -0.1) is 0 Å². The maximum absolute atomic E-state index is 14.0. The standard InChI is InChI=1S/C15H22FNO2S/c1-11(2)17-9-14(12-7-8-20(18,19)10-12)13-5-3-4-6-15(13)16/h3-6,11-12,14,17H,7-10H2,1-2H3. The highest BCUT2D eigenvalue weighted by molar-refractivity contribution is 7.91. The van der Waals surface area contributed by atoms with Crippen molar-refractivity contribution in [2.24, 2.45) is 5.92 Å². The normalized spacial score (nSPS) is 23.1. The van der Waals surface area contributed by atoms with Gasteiger partial charge in [-0.3, -0.25) is 0 Å². The topological polar surface area (TPSA) is 46.2 Å². The van der Waals surface area contributed by atoms with E-state index in [2.05, 4.69) is 5.32 Å². The van der Waals surface area contributed by atoms with Crippen molar-refractivity contribution in [2.45, 2.75) is 32.2 Å². The molecule has 1 aliphatic heterocycles. The smallest absolute Gasteiger partial charge is 0.150 e. The Hall–Kier alpha value is -0.940. The van der Waals surface area contributed by atoms with Gasteiger partial charge in [0.15, 0.2) is 9.84 Å². The Morgan fingerprint density at radius 3 is 2.60 bits per heavy atom. The Morgan fingerprint density at radius 1 is 1.35 bits per heavy atom. The van der Waals surface area contributed by atoms with Gasteiger partial charge in [0, 0.05) is 18.5 Å². The molecule has 0 aliphatic carbocycles. The number of rotatable bonds is 5. The minimum Gasteiger partial charge on any atom is -0.314 e. The average Bonchev–Trinajstić information content (AvgIpc) is 2.72. The van der Waals surface area contributed by atoms with E-state index in [0.717, 1.165) is 0 Å². The third-order valence-corrected chi connectivity index (χ3v) is 5.68. The van der Waals surface area contributed by atoms with Crippen molar-refractivity contribution < 1.29 is 12.8 Å². The highest BCUT2D eigenvalue weighted by atomic mass is 32.2. The molecule has 0 spiro atoms. The largest absolute Gasteiger partial charge is 0.314 e. The second-order valence-electron chi connectivity index (χ2n) is 5.85. The number of halogens is 1. The van der Waals surface area contributed by atoms with Crippen LogP contribution in [-0.4, -0.2) is 32.5 Å².